The molecule has 0 unspecified atom stereocenters. The number of aromatic hydroxyl groups is 1. The van der Waals surface area contributed by atoms with Gasteiger partial charge in [0.05, 0.1) is 5.02 Å². The van der Waals surface area contributed by atoms with Crippen LogP contribution in [0.2, 0.25) is 5.02 Å². The highest BCUT2D eigenvalue weighted by Gasteiger charge is 2.19. The summed E-state index contributed by atoms with van der Waals surface area (Å²) in [5, 5.41) is 12.7. The van der Waals surface area contributed by atoms with Gasteiger partial charge in [-0.2, -0.15) is 4.98 Å². The standard InChI is InChI=1S/C13H15ClN4O3/c1-17(2)6-5-15-11(19)10-12(20)16-9-4-3-8(14)7-18(9)13(10)21/h3-4,7,20H,5-6H2,1-2H3,(H,15,19). The van der Waals surface area contributed by atoms with Gasteiger partial charge in [-0.3, -0.25) is 14.0 Å². The predicted molar refractivity (Wildman–Crippen MR) is 79.0 cm³/mol. The first-order chi connectivity index (χ1) is 9.90. The number of hydrogen-bond donors (Lipinski definition) is 2. The van der Waals surface area contributed by atoms with Crippen LogP contribution in [-0.2, 0) is 0 Å². The fourth-order valence-corrected chi connectivity index (χ4v) is 1.94. The molecule has 0 aliphatic carbocycles. The Morgan fingerprint density at radius 1 is 1.48 bits per heavy atom. The van der Waals surface area contributed by atoms with Crippen molar-refractivity contribution in [1.29, 1.82) is 0 Å². The minimum atomic E-state index is -0.666. The first-order valence-corrected chi connectivity index (χ1v) is 6.61. The maximum atomic E-state index is 12.3. The van der Waals surface area contributed by atoms with Crippen molar-refractivity contribution in [2.45, 2.75) is 0 Å². The van der Waals surface area contributed by atoms with Gasteiger partial charge in [0.25, 0.3) is 11.5 Å². The van der Waals surface area contributed by atoms with Crippen LogP contribution in [0, 0.1) is 0 Å². The summed E-state index contributed by atoms with van der Waals surface area (Å²) in [4.78, 5) is 30.0. The lowest BCUT2D eigenvalue weighted by molar-refractivity contribution is 0.0946. The van der Waals surface area contributed by atoms with Crippen molar-refractivity contribution in [3.05, 3.63) is 39.3 Å². The summed E-state index contributed by atoms with van der Waals surface area (Å²) in [5.74, 6) is -1.26. The Kier molecular flexibility index (Phi) is 4.44. The molecule has 0 fully saturated rings. The number of aromatic nitrogens is 2. The van der Waals surface area contributed by atoms with Crippen molar-refractivity contribution in [3.8, 4) is 5.88 Å². The molecule has 2 heterocycles. The number of rotatable bonds is 4. The molecule has 2 aromatic rings. The maximum absolute atomic E-state index is 12.3. The van der Waals surface area contributed by atoms with E-state index < -0.39 is 22.9 Å². The number of nitrogens with zero attached hydrogens (tertiary/aromatic N) is 3. The van der Waals surface area contributed by atoms with E-state index in [0.717, 1.165) is 4.40 Å². The molecule has 2 aromatic heterocycles. The third-order valence-corrected chi connectivity index (χ3v) is 3.06. The van der Waals surface area contributed by atoms with Gasteiger partial charge < -0.3 is 15.3 Å². The van der Waals surface area contributed by atoms with Crippen LogP contribution < -0.4 is 10.9 Å². The van der Waals surface area contributed by atoms with E-state index in [0.29, 0.717) is 18.1 Å². The topological polar surface area (TPSA) is 86.9 Å². The summed E-state index contributed by atoms with van der Waals surface area (Å²) >= 11 is 5.82. The molecule has 0 aliphatic rings. The van der Waals surface area contributed by atoms with E-state index in [1.165, 1.54) is 12.3 Å². The van der Waals surface area contributed by atoms with Gasteiger partial charge in [-0.05, 0) is 26.2 Å². The molecule has 2 N–H and O–H groups in total. The normalized spacial score (nSPS) is 11.0. The third kappa shape index (κ3) is 3.32. The van der Waals surface area contributed by atoms with Gasteiger partial charge in [-0.15, -0.1) is 0 Å². The Morgan fingerprint density at radius 2 is 2.19 bits per heavy atom. The van der Waals surface area contributed by atoms with E-state index in [2.05, 4.69) is 10.3 Å². The van der Waals surface area contributed by atoms with Crippen LogP contribution in [0.25, 0.3) is 5.65 Å². The van der Waals surface area contributed by atoms with Gasteiger partial charge in [0.1, 0.15) is 5.65 Å². The van der Waals surface area contributed by atoms with Crippen molar-refractivity contribution in [2.75, 3.05) is 27.2 Å². The average molecular weight is 311 g/mol. The van der Waals surface area contributed by atoms with E-state index in [1.54, 1.807) is 6.07 Å². The van der Waals surface area contributed by atoms with Gasteiger partial charge in [0.2, 0.25) is 5.88 Å². The Morgan fingerprint density at radius 3 is 2.86 bits per heavy atom. The molecule has 1 amide bonds. The molecular formula is C13H15ClN4O3. The van der Waals surface area contributed by atoms with Crippen molar-refractivity contribution >= 4 is 23.2 Å². The van der Waals surface area contributed by atoms with Gasteiger partial charge in [0, 0.05) is 19.3 Å². The highest BCUT2D eigenvalue weighted by Crippen LogP contribution is 2.13. The Bertz CT molecular complexity index is 742. The van der Waals surface area contributed by atoms with Gasteiger partial charge in [-0.1, -0.05) is 11.6 Å². The maximum Gasteiger partial charge on any atom is 0.274 e. The molecule has 0 radical (unpaired) electrons. The number of amides is 1. The number of hydrogen-bond acceptors (Lipinski definition) is 5. The predicted octanol–water partition coefficient (Wildman–Crippen LogP) is 0.345. The van der Waals surface area contributed by atoms with E-state index in [9.17, 15) is 14.7 Å². The van der Waals surface area contributed by atoms with Gasteiger partial charge >= 0.3 is 0 Å². The van der Waals surface area contributed by atoms with Crippen molar-refractivity contribution in [2.24, 2.45) is 0 Å². The molecule has 8 heteroatoms. The lowest BCUT2D eigenvalue weighted by Gasteiger charge is -2.11. The quantitative estimate of drug-likeness (QED) is 0.850. The number of likely N-dealkylation sites (N-methyl/N-ethyl adjacent to an activating group) is 1. The fourth-order valence-electron chi connectivity index (χ4n) is 1.78. The summed E-state index contributed by atoms with van der Waals surface area (Å²) in [6.07, 6.45) is 1.35. The third-order valence-electron chi connectivity index (χ3n) is 2.84. The van der Waals surface area contributed by atoms with Crippen LogP contribution in [0.4, 0.5) is 0 Å². The minimum absolute atomic E-state index is 0.215. The van der Waals surface area contributed by atoms with E-state index in [-0.39, 0.29) is 5.65 Å². The highest BCUT2D eigenvalue weighted by atomic mass is 35.5. The average Bonchev–Trinajstić information content (AvgIpc) is 2.39. The molecule has 0 atom stereocenters. The summed E-state index contributed by atoms with van der Waals surface area (Å²) in [6.45, 7) is 0.962. The van der Waals surface area contributed by atoms with Crippen molar-refractivity contribution in [3.63, 3.8) is 0 Å². The van der Waals surface area contributed by atoms with Crippen molar-refractivity contribution < 1.29 is 9.90 Å². The molecule has 0 bridgehead atoms. The van der Waals surface area contributed by atoms with Gasteiger partial charge in [-0.25, -0.2) is 0 Å². The molecular weight excluding hydrogens is 296 g/mol. The summed E-state index contributed by atoms with van der Waals surface area (Å²) in [5.41, 5.74) is -0.845. The second-order valence-corrected chi connectivity index (χ2v) is 5.19. The number of halogens is 1. The largest absolute Gasteiger partial charge is 0.493 e. The fraction of sp³-hybridized carbons (Fsp3) is 0.308. The number of fused-ring (bicyclic) bond motifs is 1. The lowest BCUT2D eigenvalue weighted by atomic mass is 10.3. The summed E-state index contributed by atoms with van der Waals surface area (Å²) < 4.78 is 1.13. The summed E-state index contributed by atoms with van der Waals surface area (Å²) in [6, 6.07) is 3.02. The summed E-state index contributed by atoms with van der Waals surface area (Å²) in [7, 11) is 3.72. The zero-order valence-corrected chi connectivity index (χ0v) is 12.4. The molecule has 7 nitrogen and oxygen atoms in total. The molecule has 21 heavy (non-hydrogen) atoms. The first-order valence-electron chi connectivity index (χ1n) is 6.24. The molecule has 2 rings (SSSR count). The second kappa shape index (κ2) is 6.11. The molecule has 112 valence electrons. The van der Waals surface area contributed by atoms with Crippen LogP contribution in [0.1, 0.15) is 10.4 Å². The Labute approximate surface area is 125 Å². The molecule has 0 spiro atoms. The number of pyridine rings is 1. The molecule has 0 aliphatic heterocycles. The second-order valence-electron chi connectivity index (χ2n) is 4.75. The Balaban J connectivity index is 2.39. The van der Waals surface area contributed by atoms with E-state index in [4.69, 9.17) is 11.6 Å². The Hall–Kier alpha value is -2.12. The van der Waals surface area contributed by atoms with Crippen LogP contribution in [0.15, 0.2) is 23.1 Å². The number of carbonyl (C=O) groups is 1. The van der Waals surface area contributed by atoms with Gasteiger partial charge in [0.15, 0.2) is 5.56 Å². The molecule has 0 aromatic carbocycles. The molecule has 0 saturated heterocycles. The monoisotopic (exact) mass is 310 g/mol. The highest BCUT2D eigenvalue weighted by molar-refractivity contribution is 6.30. The lowest BCUT2D eigenvalue weighted by Crippen LogP contribution is -2.35. The molecule has 0 saturated carbocycles. The van der Waals surface area contributed by atoms with Crippen LogP contribution >= 0.6 is 11.6 Å². The van der Waals surface area contributed by atoms with E-state index >= 15 is 0 Å². The number of carbonyl (C=O) groups excluding carboxylic acids is 1. The van der Waals surface area contributed by atoms with E-state index in [1.807, 2.05) is 19.0 Å². The smallest absolute Gasteiger partial charge is 0.274 e. The van der Waals surface area contributed by atoms with Crippen LogP contribution in [0.5, 0.6) is 5.88 Å². The zero-order chi connectivity index (χ0) is 15.6. The van der Waals surface area contributed by atoms with Crippen LogP contribution in [0.3, 0.4) is 0 Å². The van der Waals surface area contributed by atoms with Crippen molar-refractivity contribution in [1.82, 2.24) is 19.6 Å². The zero-order valence-electron chi connectivity index (χ0n) is 11.6. The number of nitrogens with one attached hydrogen (secondary N) is 1. The first kappa shape index (κ1) is 15.3. The SMILES string of the molecule is CN(C)CCNC(=O)c1c(O)nc2ccc(Cl)cn2c1=O. The van der Waals surface area contributed by atoms with Crippen LogP contribution in [-0.4, -0.2) is 52.5 Å². The minimum Gasteiger partial charge on any atom is -0.493 e.